The second-order valence-electron chi connectivity index (χ2n) is 9.40. The van der Waals surface area contributed by atoms with E-state index in [1.807, 2.05) is 0 Å². The van der Waals surface area contributed by atoms with Gasteiger partial charge in [0.25, 0.3) is 15.9 Å². The first-order chi connectivity index (χ1) is 16.6. The van der Waals surface area contributed by atoms with Crippen LogP contribution in [0.15, 0.2) is 42.5 Å². The van der Waals surface area contributed by atoms with Crippen molar-refractivity contribution in [2.24, 2.45) is 5.41 Å². The van der Waals surface area contributed by atoms with Gasteiger partial charge in [-0.25, -0.2) is 21.9 Å². The fourth-order valence-electron chi connectivity index (χ4n) is 5.12. The lowest BCUT2D eigenvalue weighted by atomic mass is 9.91. The van der Waals surface area contributed by atoms with Crippen LogP contribution in [-0.4, -0.2) is 56.3 Å². The summed E-state index contributed by atoms with van der Waals surface area (Å²) < 4.78 is 88.6. The minimum atomic E-state index is -5.01. The average molecular weight is 513 g/mol. The number of carbonyl (C=O) groups excluding carboxylic acids is 1. The fraction of sp³-hybridized carbons (Fsp3) is 0.458. The number of nitrogens with zero attached hydrogens (tertiary/aromatic N) is 1. The van der Waals surface area contributed by atoms with Crippen LogP contribution in [-0.2, 0) is 26.0 Å². The van der Waals surface area contributed by atoms with E-state index in [1.54, 1.807) is 30.3 Å². The van der Waals surface area contributed by atoms with Crippen molar-refractivity contribution < 1.29 is 35.5 Å². The predicted octanol–water partition coefficient (Wildman–Crippen LogP) is 3.46. The van der Waals surface area contributed by atoms with Gasteiger partial charge >= 0.3 is 5.76 Å². The maximum atomic E-state index is 15.6. The molecule has 188 valence electrons. The summed E-state index contributed by atoms with van der Waals surface area (Å²) in [7, 11) is -5.01. The Kier molecular flexibility index (Phi) is 6.13. The third-order valence-corrected chi connectivity index (χ3v) is 8.34. The second-order valence-corrected chi connectivity index (χ2v) is 11.1. The predicted molar refractivity (Wildman–Crippen MR) is 119 cm³/mol. The first-order valence-corrected chi connectivity index (χ1v) is 12.9. The number of ether oxygens (including phenoxy) is 1. The molecule has 1 spiro atoms. The van der Waals surface area contributed by atoms with Crippen molar-refractivity contribution in [1.29, 1.82) is 0 Å². The molecule has 1 aliphatic carbocycles. The van der Waals surface area contributed by atoms with Crippen LogP contribution < -0.4 is 4.72 Å². The minimum absolute atomic E-state index is 0.106. The number of rotatable bonds is 7. The molecule has 1 saturated carbocycles. The molecule has 11 heteroatoms. The van der Waals surface area contributed by atoms with Gasteiger partial charge in [0.05, 0.1) is 12.6 Å². The topological polar surface area (TPSA) is 75.7 Å². The molecule has 2 aliphatic heterocycles. The van der Waals surface area contributed by atoms with Gasteiger partial charge in [0.1, 0.15) is 17.7 Å². The average Bonchev–Trinajstić information content (AvgIpc) is 3.50. The van der Waals surface area contributed by atoms with Gasteiger partial charge in [-0.2, -0.15) is 8.78 Å². The first-order valence-electron chi connectivity index (χ1n) is 11.4. The van der Waals surface area contributed by atoms with Gasteiger partial charge in [-0.15, -0.1) is 0 Å². The van der Waals surface area contributed by atoms with Crippen molar-refractivity contribution >= 4 is 15.9 Å². The molecule has 0 radical (unpaired) electrons. The Morgan fingerprint density at radius 3 is 2.40 bits per heavy atom. The Labute approximate surface area is 200 Å². The highest BCUT2D eigenvalue weighted by Gasteiger charge is 2.62. The number of hydrogen-bond acceptors (Lipinski definition) is 4. The number of alkyl halides is 2. The van der Waals surface area contributed by atoms with Crippen molar-refractivity contribution in [1.82, 2.24) is 9.62 Å². The van der Waals surface area contributed by atoms with E-state index in [2.05, 4.69) is 4.72 Å². The van der Waals surface area contributed by atoms with Crippen LogP contribution >= 0.6 is 0 Å². The summed E-state index contributed by atoms with van der Waals surface area (Å²) in [4.78, 5) is 14.5. The number of sulfonamides is 1. The maximum absolute atomic E-state index is 15.6. The lowest BCUT2D eigenvalue weighted by molar-refractivity contribution is -0.157. The van der Waals surface area contributed by atoms with E-state index in [0.717, 1.165) is 6.07 Å². The second kappa shape index (κ2) is 8.86. The smallest absolute Gasteiger partial charge is 0.350 e. The van der Waals surface area contributed by atoms with Crippen molar-refractivity contribution in [3.63, 3.8) is 0 Å². The molecule has 0 bridgehead atoms. The summed E-state index contributed by atoms with van der Waals surface area (Å²) in [6.45, 7) is 0.498. The molecule has 2 saturated heterocycles. The number of likely N-dealkylation sites (tertiary alicyclic amines) is 1. The zero-order valence-electron chi connectivity index (χ0n) is 18.6. The molecular weight excluding hydrogens is 488 g/mol. The summed E-state index contributed by atoms with van der Waals surface area (Å²) in [5.74, 6) is -5.79. The molecule has 3 atom stereocenters. The van der Waals surface area contributed by atoms with E-state index in [9.17, 15) is 26.4 Å². The monoisotopic (exact) mass is 512 g/mol. The molecule has 1 N–H and O–H groups in total. The third-order valence-electron chi connectivity index (χ3n) is 7.29. The van der Waals surface area contributed by atoms with Gasteiger partial charge in [-0.3, -0.25) is 4.79 Å². The van der Waals surface area contributed by atoms with Gasteiger partial charge < -0.3 is 9.64 Å². The Hall–Kier alpha value is -2.50. The normalized spacial score (nSPS) is 25.2. The van der Waals surface area contributed by atoms with E-state index in [4.69, 9.17) is 4.74 Å². The van der Waals surface area contributed by atoms with Crippen molar-refractivity contribution in [3.05, 3.63) is 59.7 Å². The Balaban J connectivity index is 1.54. The van der Waals surface area contributed by atoms with Gasteiger partial charge in [0.15, 0.2) is 0 Å². The molecule has 6 nitrogen and oxygen atoms in total. The Morgan fingerprint density at radius 1 is 1.14 bits per heavy atom. The van der Waals surface area contributed by atoms with Gasteiger partial charge in [0, 0.05) is 42.0 Å². The molecule has 35 heavy (non-hydrogen) atoms. The molecule has 1 amide bonds. The largest absolute Gasteiger partial charge is 0.368 e. The highest BCUT2D eigenvalue weighted by Crippen LogP contribution is 2.56. The van der Waals surface area contributed by atoms with Crippen LogP contribution in [0.2, 0.25) is 0 Å². The summed E-state index contributed by atoms with van der Waals surface area (Å²) in [5.41, 5.74) is -0.425. The molecule has 2 aromatic rings. The standard InChI is InChI=1S/C24H24F4N2O4S/c25-17-7-6-15(14-4-2-1-3-5-14)20(26)16(17)12-18-21(29-35(32,33)23(27)28)24(9-10-24)13-30(18)22(31)19-8-11-34-19/h1-7,18-19,21,23,29H,8-13H2/t18?,19-,21?/m1/s1. The molecule has 2 unspecified atom stereocenters. The summed E-state index contributed by atoms with van der Waals surface area (Å²) >= 11 is 0. The molecular formula is C24H24F4N2O4S. The van der Waals surface area contributed by atoms with E-state index in [-0.39, 0.29) is 24.1 Å². The maximum Gasteiger partial charge on any atom is 0.350 e. The molecule has 3 fully saturated rings. The van der Waals surface area contributed by atoms with Crippen LogP contribution in [0, 0.1) is 17.0 Å². The Morgan fingerprint density at radius 2 is 1.83 bits per heavy atom. The number of nitrogens with one attached hydrogen (secondary N) is 1. The van der Waals surface area contributed by atoms with E-state index in [0.29, 0.717) is 31.4 Å². The van der Waals surface area contributed by atoms with Crippen LogP contribution in [0.25, 0.3) is 11.1 Å². The number of halogens is 4. The van der Waals surface area contributed by atoms with Crippen LogP contribution in [0.3, 0.4) is 0 Å². The Bertz CT molecular complexity index is 1230. The number of hydrogen-bond donors (Lipinski definition) is 1. The van der Waals surface area contributed by atoms with Gasteiger partial charge in [-0.1, -0.05) is 30.3 Å². The summed E-state index contributed by atoms with van der Waals surface area (Å²) in [6, 6.07) is 8.76. The number of benzene rings is 2. The van der Waals surface area contributed by atoms with Crippen LogP contribution in [0.4, 0.5) is 17.6 Å². The molecule has 2 aromatic carbocycles. The van der Waals surface area contributed by atoms with Crippen LogP contribution in [0.1, 0.15) is 24.8 Å². The van der Waals surface area contributed by atoms with Crippen molar-refractivity contribution in [2.75, 3.05) is 13.2 Å². The lowest BCUT2D eigenvalue weighted by Gasteiger charge is -2.34. The quantitative estimate of drug-likeness (QED) is 0.577. The number of carbonyl (C=O) groups is 1. The highest BCUT2D eigenvalue weighted by molar-refractivity contribution is 7.89. The van der Waals surface area contributed by atoms with E-state index in [1.165, 1.54) is 11.0 Å². The SMILES string of the molecule is O=C([C@H]1CCO1)N1CC2(CC2)C(NS(=O)(=O)C(F)F)C1Cc1c(F)ccc(-c2ccccc2)c1F. The molecule has 5 rings (SSSR count). The third kappa shape index (κ3) is 4.34. The van der Waals surface area contributed by atoms with E-state index < -0.39 is 56.9 Å². The van der Waals surface area contributed by atoms with Gasteiger partial charge in [-0.05, 0) is 30.5 Å². The zero-order chi connectivity index (χ0) is 25.0. The minimum Gasteiger partial charge on any atom is -0.368 e. The van der Waals surface area contributed by atoms with E-state index >= 15 is 4.39 Å². The zero-order valence-corrected chi connectivity index (χ0v) is 19.4. The summed E-state index contributed by atoms with van der Waals surface area (Å²) in [5, 5.41) is 0. The molecule has 3 aliphatic rings. The molecule has 0 aromatic heterocycles. The number of amides is 1. The fourth-order valence-corrected chi connectivity index (χ4v) is 5.99. The first kappa shape index (κ1) is 24.2. The lowest BCUT2D eigenvalue weighted by Crippen LogP contribution is -2.53. The molecule has 2 heterocycles. The van der Waals surface area contributed by atoms with Gasteiger partial charge in [0.2, 0.25) is 0 Å². The van der Waals surface area contributed by atoms with Crippen LogP contribution in [0.5, 0.6) is 0 Å². The van der Waals surface area contributed by atoms with Crippen molar-refractivity contribution in [3.8, 4) is 11.1 Å². The summed E-state index contributed by atoms with van der Waals surface area (Å²) in [6.07, 6.45) is 0.363. The van der Waals surface area contributed by atoms with Crippen molar-refractivity contribution in [2.45, 2.75) is 49.6 Å². The highest BCUT2D eigenvalue weighted by atomic mass is 32.2.